The van der Waals surface area contributed by atoms with Crippen LogP contribution in [0, 0.1) is 0 Å². The van der Waals surface area contributed by atoms with E-state index in [1.165, 1.54) is 5.56 Å². The topological polar surface area (TPSA) is 64.3 Å². The smallest absolute Gasteiger partial charge is 0.236 e. The first kappa shape index (κ1) is 15.7. The minimum absolute atomic E-state index is 0.0844. The zero-order chi connectivity index (χ0) is 14.1. The van der Waals surface area contributed by atoms with Crippen molar-refractivity contribution in [2.75, 3.05) is 20.3 Å². The summed E-state index contributed by atoms with van der Waals surface area (Å²) in [6.45, 7) is 3.34. The quantitative estimate of drug-likeness (QED) is 0.702. The molecule has 106 valence electrons. The van der Waals surface area contributed by atoms with Crippen LogP contribution in [-0.4, -0.2) is 32.2 Å². The molecule has 0 saturated carbocycles. The van der Waals surface area contributed by atoms with Crippen LogP contribution in [0.5, 0.6) is 0 Å². The Balaban J connectivity index is 2.29. The van der Waals surface area contributed by atoms with E-state index in [0.717, 1.165) is 6.42 Å². The van der Waals surface area contributed by atoms with E-state index in [1.54, 1.807) is 7.11 Å². The number of nitrogens with two attached hydrogens (primary N) is 1. The van der Waals surface area contributed by atoms with Gasteiger partial charge in [0, 0.05) is 20.3 Å². The molecular formula is C15H24N2O2. The maximum absolute atomic E-state index is 11.8. The molecular weight excluding hydrogens is 240 g/mol. The van der Waals surface area contributed by atoms with Crippen molar-refractivity contribution >= 4 is 5.91 Å². The highest BCUT2D eigenvalue weighted by Gasteiger charge is 2.14. The Labute approximate surface area is 115 Å². The zero-order valence-electron chi connectivity index (χ0n) is 11.8. The fourth-order valence-corrected chi connectivity index (χ4v) is 1.86. The van der Waals surface area contributed by atoms with E-state index in [1.807, 2.05) is 18.2 Å². The van der Waals surface area contributed by atoms with Gasteiger partial charge in [-0.25, -0.2) is 0 Å². The Morgan fingerprint density at radius 2 is 2.05 bits per heavy atom. The standard InChI is InChI=1S/C15H24N2O2/c1-12(13-7-4-3-5-8-13)11-17-15(18)14(16)9-6-10-19-2/h3-5,7-8,12,14H,6,9-11,16H2,1-2H3,(H,17,18). The van der Waals surface area contributed by atoms with Crippen molar-refractivity contribution in [1.29, 1.82) is 0 Å². The van der Waals surface area contributed by atoms with Crippen LogP contribution in [0.25, 0.3) is 0 Å². The molecule has 2 unspecified atom stereocenters. The number of methoxy groups -OCH3 is 1. The lowest BCUT2D eigenvalue weighted by Gasteiger charge is -2.16. The molecule has 3 N–H and O–H groups in total. The molecule has 19 heavy (non-hydrogen) atoms. The average molecular weight is 264 g/mol. The van der Waals surface area contributed by atoms with Gasteiger partial charge < -0.3 is 15.8 Å². The molecule has 0 spiro atoms. The first-order valence-electron chi connectivity index (χ1n) is 6.72. The number of hydrogen-bond acceptors (Lipinski definition) is 3. The monoisotopic (exact) mass is 264 g/mol. The third-order valence-corrected chi connectivity index (χ3v) is 3.15. The van der Waals surface area contributed by atoms with Crippen LogP contribution >= 0.6 is 0 Å². The first-order valence-corrected chi connectivity index (χ1v) is 6.72. The van der Waals surface area contributed by atoms with E-state index < -0.39 is 6.04 Å². The van der Waals surface area contributed by atoms with Gasteiger partial charge in [0.25, 0.3) is 0 Å². The normalized spacial score (nSPS) is 13.8. The second-order valence-corrected chi connectivity index (χ2v) is 4.80. The van der Waals surface area contributed by atoms with E-state index >= 15 is 0 Å². The number of nitrogens with one attached hydrogen (secondary N) is 1. The number of carbonyl (C=O) groups is 1. The molecule has 0 fully saturated rings. The predicted molar refractivity (Wildman–Crippen MR) is 77.0 cm³/mol. The number of ether oxygens (including phenoxy) is 1. The van der Waals surface area contributed by atoms with Crippen molar-refractivity contribution in [2.45, 2.75) is 31.7 Å². The van der Waals surface area contributed by atoms with Gasteiger partial charge in [0.1, 0.15) is 0 Å². The van der Waals surface area contributed by atoms with Crippen molar-refractivity contribution in [1.82, 2.24) is 5.32 Å². The number of carbonyl (C=O) groups excluding carboxylic acids is 1. The van der Waals surface area contributed by atoms with Gasteiger partial charge in [-0.1, -0.05) is 37.3 Å². The second-order valence-electron chi connectivity index (χ2n) is 4.80. The summed E-state index contributed by atoms with van der Waals surface area (Å²) in [6, 6.07) is 9.68. The number of hydrogen-bond donors (Lipinski definition) is 2. The van der Waals surface area contributed by atoms with Crippen molar-refractivity contribution < 1.29 is 9.53 Å². The highest BCUT2D eigenvalue weighted by atomic mass is 16.5. The molecule has 1 aromatic carbocycles. The van der Waals surface area contributed by atoms with Gasteiger partial charge in [0.15, 0.2) is 0 Å². The molecule has 0 aromatic heterocycles. The summed E-state index contributed by atoms with van der Waals surface area (Å²) in [5.74, 6) is 0.204. The lowest BCUT2D eigenvalue weighted by atomic mass is 10.0. The van der Waals surface area contributed by atoms with Gasteiger partial charge >= 0.3 is 0 Å². The number of amides is 1. The SMILES string of the molecule is COCCCC(N)C(=O)NCC(C)c1ccccc1. The Morgan fingerprint density at radius 1 is 1.37 bits per heavy atom. The van der Waals surface area contributed by atoms with Crippen LogP contribution in [0.1, 0.15) is 31.2 Å². The molecule has 0 aliphatic carbocycles. The molecule has 1 rings (SSSR count). The van der Waals surface area contributed by atoms with Crippen LogP contribution in [0.15, 0.2) is 30.3 Å². The average Bonchev–Trinajstić information content (AvgIpc) is 2.45. The zero-order valence-corrected chi connectivity index (χ0v) is 11.8. The van der Waals surface area contributed by atoms with Crippen LogP contribution in [-0.2, 0) is 9.53 Å². The maximum atomic E-state index is 11.8. The summed E-state index contributed by atoms with van der Waals surface area (Å²) >= 11 is 0. The van der Waals surface area contributed by atoms with E-state index in [4.69, 9.17) is 10.5 Å². The van der Waals surface area contributed by atoms with Gasteiger partial charge in [-0.05, 0) is 24.3 Å². The van der Waals surface area contributed by atoms with Crippen molar-refractivity contribution in [3.05, 3.63) is 35.9 Å². The fourth-order valence-electron chi connectivity index (χ4n) is 1.86. The molecule has 0 bridgehead atoms. The molecule has 0 radical (unpaired) electrons. The predicted octanol–water partition coefficient (Wildman–Crippen LogP) is 1.66. The summed E-state index contributed by atoms with van der Waals surface area (Å²) in [7, 11) is 1.65. The highest BCUT2D eigenvalue weighted by molar-refractivity contribution is 5.81. The molecule has 2 atom stereocenters. The van der Waals surface area contributed by atoms with Crippen LogP contribution in [0.2, 0.25) is 0 Å². The van der Waals surface area contributed by atoms with Gasteiger partial charge in [-0.2, -0.15) is 0 Å². The number of rotatable bonds is 8. The minimum Gasteiger partial charge on any atom is -0.385 e. The van der Waals surface area contributed by atoms with E-state index in [9.17, 15) is 4.79 Å². The molecule has 0 aliphatic heterocycles. The summed E-state index contributed by atoms with van der Waals surface area (Å²) in [5.41, 5.74) is 7.03. The number of benzene rings is 1. The van der Waals surface area contributed by atoms with Crippen molar-refractivity contribution in [2.24, 2.45) is 5.73 Å². The molecule has 0 heterocycles. The van der Waals surface area contributed by atoms with Gasteiger partial charge in [-0.15, -0.1) is 0 Å². The van der Waals surface area contributed by atoms with Crippen molar-refractivity contribution in [3.8, 4) is 0 Å². The van der Waals surface area contributed by atoms with Gasteiger partial charge in [0.05, 0.1) is 6.04 Å². The van der Waals surface area contributed by atoms with Gasteiger partial charge in [0.2, 0.25) is 5.91 Å². The molecule has 4 nitrogen and oxygen atoms in total. The maximum Gasteiger partial charge on any atom is 0.236 e. The van der Waals surface area contributed by atoms with E-state index in [-0.39, 0.29) is 11.8 Å². The van der Waals surface area contributed by atoms with Crippen LogP contribution < -0.4 is 11.1 Å². The summed E-state index contributed by atoms with van der Waals surface area (Å²) < 4.78 is 4.94. The molecule has 0 aliphatic rings. The molecule has 0 saturated heterocycles. The summed E-state index contributed by atoms with van der Waals surface area (Å²) in [6.07, 6.45) is 1.46. The van der Waals surface area contributed by atoms with Crippen molar-refractivity contribution in [3.63, 3.8) is 0 Å². The van der Waals surface area contributed by atoms with Gasteiger partial charge in [-0.3, -0.25) is 4.79 Å². The lowest BCUT2D eigenvalue weighted by molar-refractivity contribution is -0.122. The minimum atomic E-state index is -0.446. The second kappa shape index (κ2) is 8.67. The first-order chi connectivity index (χ1) is 9.15. The third kappa shape index (κ3) is 5.85. The van der Waals surface area contributed by atoms with Crippen LogP contribution in [0.4, 0.5) is 0 Å². The molecule has 4 heteroatoms. The van der Waals surface area contributed by atoms with E-state index in [2.05, 4.69) is 24.4 Å². The summed E-state index contributed by atoms with van der Waals surface area (Å²) in [4.78, 5) is 11.8. The molecule has 1 aromatic rings. The highest BCUT2D eigenvalue weighted by Crippen LogP contribution is 2.13. The Hall–Kier alpha value is -1.39. The third-order valence-electron chi connectivity index (χ3n) is 3.15. The largest absolute Gasteiger partial charge is 0.385 e. The molecule has 1 amide bonds. The van der Waals surface area contributed by atoms with E-state index in [0.29, 0.717) is 19.6 Å². The fraction of sp³-hybridized carbons (Fsp3) is 0.533. The van der Waals surface area contributed by atoms with Crippen LogP contribution in [0.3, 0.4) is 0 Å². The Kier molecular flexibility index (Phi) is 7.15. The Morgan fingerprint density at radius 3 is 2.68 bits per heavy atom. The Bertz CT molecular complexity index is 368. The summed E-state index contributed by atoms with van der Waals surface area (Å²) in [5, 5.41) is 2.90. The lowest BCUT2D eigenvalue weighted by Crippen LogP contribution is -2.41.